The standard InChI is InChI=1S/C18H24ClFN2O/c1-13(2)22-11-5-9-18(17(22)23)8-4-10-21(18)12-14-6-3-7-15(20)16(14)19/h3,6-7,13H,4-5,8-12H2,1-2H3. The molecule has 2 heterocycles. The molecule has 0 aliphatic carbocycles. The lowest BCUT2D eigenvalue weighted by atomic mass is 9.84. The van der Waals surface area contributed by atoms with Gasteiger partial charge in [0.25, 0.3) is 0 Å². The van der Waals surface area contributed by atoms with Crippen molar-refractivity contribution in [3.05, 3.63) is 34.6 Å². The Bertz CT molecular complexity index is 607. The van der Waals surface area contributed by atoms with E-state index in [0.29, 0.717) is 6.54 Å². The Morgan fingerprint density at radius 1 is 1.26 bits per heavy atom. The van der Waals surface area contributed by atoms with Crippen LogP contribution in [0.5, 0.6) is 0 Å². The van der Waals surface area contributed by atoms with Gasteiger partial charge in [-0.05, 0) is 57.7 Å². The van der Waals surface area contributed by atoms with Gasteiger partial charge in [-0.15, -0.1) is 0 Å². The molecule has 2 aliphatic rings. The topological polar surface area (TPSA) is 23.6 Å². The van der Waals surface area contributed by atoms with E-state index in [1.165, 1.54) is 6.07 Å². The summed E-state index contributed by atoms with van der Waals surface area (Å²) < 4.78 is 13.7. The summed E-state index contributed by atoms with van der Waals surface area (Å²) in [7, 11) is 0. The first-order chi connectivity index (χ1) is 11.0. The molecule has 23 heavy (non-hydrogen) atoms. The van der Waals surface area contributed by atoms with Gasteiger partial charge in [0.1, 0.15) is 11.4 Å². The molecule has 3 rings (SSSR count). The van der Waals surface area contributed by atoms with Crippen LogP contribution in [0.1, 0.15) is 45.1 Å². The molecule has 1 spiro atoms. The SMILES string of the molecule is CC(C)N1CCCC2(CCCN2Cc2cccc(F)c2Cl)C1=O. The Kier molecular flexibility index (Phi) is 4.65. The van der Waals surface area contributed by atoms with E-state index in [4.69, 9.17) is 11.6 Å². The average molecular weight is 339 g/mol. The minimum atomic E-state index is -0.418. The van der Waals surface area contributed by atoms with Gasteiger partial charge < -0.3 is 4.90 Å². The van der Waals surface area contributed by atoms with Crippen molar-refractivity contribution in [3.8, 4) is 0 Å². The molecule has 0 bridgehead atoms. The Labute approximate surface area is 142 Å². The third-order valence-electron chi connectivity index (χ3n) is 5.29. The molecule has 1 unspecified atom stereocenters. The highest BCUT2D eigenvalue weighted by molar-refractivity contribution is 6.31. The van der Waals surface area contributed by atoms with Crippen LogP contribution in [0.15, 0.2) is 18.2 Å². The molecule has 1 atom stereocenters. The van der Waals surface area contributed by atoms with E-state index in [1.54, 1.807) is 6.07 Å². The molecule has 1 aromatic carbocycles. The van der Waals surface area contributed by atoms with Gasteiger partial charge in [0.05, 0.1) is 5.02 Å². The van der Waals surface area contributed by atoms with Gasteiger partial charge >= 0.3 is 0 Å². The van der Waals surface area contributed by atoms with E-state index in [2.05, 4.69) is 18.7 Å². The first-order valence-electron chi connectivity index (χ1n) is 8.45. The molecule has 2 saturated heterocycles. The number of benzene rings is 1. The van der Waals surface area contributed by atoms with Crippen LogP contribution in [0.3, 0.4) is 0 Å². The zero-order chi connectivity index (χ0) is 16.6. The molecular formula is C18H24ClFN2O. The van der Waals surface area contributed by atoms with Gasteiger partial charge in [0.2, 0.25) is 5.91 Å². The maximum Gasteiger partial charge on any atom is 0.243 e. The van der Waals surface area contributed by atoms with Crippen molar-refractivity contribution in [2.45, 2.75) is 57.7 Å². The zero-order valence-electron chi connectivity index (χ0n) is 13.8. The zero-order valence-corrected chi connectivity index (χ0v) is 14.6. The van der Waals surface area contributed by atoms with Crippen molar-refractivity contribution < 1.29 is 9.18 Å². The van der Waals surface area contributed by atoms with E-state index >= 15 is 0 Å². The fraction of sp³-hybridized carbons (Fsp3) is 0.611. The number of hydrogen-bond donors (Lipinski definition) is 0. The van der Waals surface area contributed by atoms with E-state index in [9.17, 15) is 9.18 Å². The van der Waals surface area contributed by atoms with Crippen LogP contribution in [-0.4, -0.2) is 40.4 Å². The molecule has 0 radical (unpaired) electrons. The lowest BCUT2D eigenvalue weighted by Gasteiger charge is -2.46. The first-order valence-corrected chi connectivity index (χ1v) is 8.82. The van der Waals surface area contributed by atoms with Gasteiger partial charge in [0, 0.05) is 19.1 Å². The maximum atomic E-state index is 13.7. The maximum absolute atomic E-state index is 13.7. The second-order valence-electron chi connectivity index (χ2n) is 6.97. The summed E-state index contributed by atoms with van der Waals surface area (Å²) in [5, 5.41) is 0.179. The predicted molar refractivity (Wildman–Crippen MR) is 89.9 cm³/mol. The molecule has 0 N–H and O–H groups in total. The molecule has 1 aromatic rings. The van der Waals surface area contributed by atoms with Crippen LogP contribution in [-0.2, 0) is 11.3 Å². The van der Waals surface area contributed by atoms with Crippen molar-refractivity contribution in [1.82, 2.24) is 9.80 Å². The Balaban J connectivity index is 1.87. The molecule has 2 fully saturated rings. The van der Waals surface area contributed by atoms with Crippen LogP contribution in [0.4, 0.5) is 4.39 Å². The summed E-state index contributed by atoms with van der Waals surface area (Å²) in [5.74, 6) is -0.153. The lowest BCUT2D eigenvalue weighted by Crippen LogP contribution is -2.61. The largest absolute Gasteiger partial charge is 0.339 e. The molecule has 2 aliphatic heterocycles. The molecule has 126 valence electrons. The summed E-state index contributed by atoms with van der Waals surface area (Å²) in [6, 6.07) is 5.13. The Morgan fingerprint density at radius 2 is 1.96 bits per heavy atom. The molecule has 0 saturated carbocycles. The van der Waals surface area contributed by atoms with Crippen LogP contribution >= 0.6 is 11.6 Å². The van der Waals surface area contributed by atoms with Crippen molar-refractivity contribution in [3.63, 3.8) is 0 Å². The highest BCUT2D eigenvalue weighted by Crippen LogP contribution is 2.40. The summed E-state index contributed by atoms with van der Waals surface area (Å²) in [5.41, 5.74) is 0.348. The van der Waals surface area contributed by atoms with E-state index in [1.807, 2.05) is 11.0 Å². The minimum absolute atomic E-state index is 0.179. The van der Waals surface area contributed by atoms with Gasteiger partial charge in [-0.25, -0.2) is 4.39 Å². The fourth-order valence-electron chi connectivity index (χ4n) is 4.08. The molecule has 1 amide bonds. The fourth-order valence-corrected chi connectivity index (χ4v) is 4.26. The van der Waals surface area contributed by atoms with E-state index in [0.717, 1.165) is 44.3 Å². The van der Waals surface area contributed by atoms with Crippen molar-refractivity contribution in [1.29, 1.82) is 0 Å². The van der Waals surface area contributed by atoms with Crippen LogP contribution in [0.25, 0.3) is 0 Å². The number of likely N-dealkylation sites (tertiary alicyclic amines) is 2. The van der Waals surface area contributed by atoms with Crippen molar-refractivity contribution in [2.24, 2.45) is 0 Å². The number of nitrogens with zero attached hydrogens (tertiary/aromatic N) is 2. The number of carbonyl (C=O) groups excluding carboxylic acids is 1. The Hall–Kier alpha value is -1.13. The highest BCUT2D eigenvalue weighted by Gasteiger charge is 2.51. The monoisotopic (exact) mass is 338 g/mol. The predicted octanol–water partition coefficient (Wildman–Crippen LogP) is 3.84. The smallest absolute Gasteiger partial charge is 0.243 e. The van der Waals surface area contributed by atoms with Crippen LogP contribution in [0, 0.1) is 5.82 Å². The summed E-state index contributed by atoms with van der Waals surface area (Å²) in [6.07, 6.45) is 3.81. The second-order valence-corrected chi connectivity index (χ2v) is 7.34. The minimum Gasteiger partial charge on any atom is -0.339 e. The first kappa shape index (κ1) is 16.7. The third kappa shape index (κ3) is 2.87. The number of carbonyl (C=O) groups is 1. The van der Waals surface area contributed by atoms with Gasteiger partial charge in [-0.2, -0.15) is 0 Å². The van der Waals surface area contributed by atoms with E-state index in [-0.39, 0.29) is 17.0 Å². The normalized spacial score (nSPS) is 25.8. The number of rotatable bonds is 3. The van der Waals surface area contributed by atoms with E-state index < -0.39 is 11.4 Å². The molecular weight excluding hydrogens is 315 g/mol. The number of piperidine rings is 1. The van der Waals surface area contributed by atoms with Gasteiger partial charge in [-0.1, -0.05) is 23.7 Å². The summed E-state index contributed by atoms with van der Waals surface area (Å²) >= 11 is 6.12. The third-order valence-corrected chi connectivity index (χ3v) is 5.71. The molecule has 5 heteroatoms. The highest BCUT2D eigenvalue weighted by atomic mass is 35.5. The van der Waals surface area contributed by atoms with Crippen molar-refractivity contribution >= 4 is 17.5 Å². The number of hydrogen-bond acceptors (Lipinski definition) is 2. The summed E-state index contributed by atoms with van der Waals surface area (Å²) in [6.45, 7) is 6.38. The summed E-state index contributed by atoms with van der Waals surface area (Å²) in [4.78, 5) is 17.3. The second kappa shape index (κ2) is 6.40. The quantitative estimate of drug-likeness (QED) is 0.836. The van der Waals surface area contributed by atoms with Gasteiger partial charge in [0.15, 0.2) is 0 Å². The Morgan fingerprint density at radius 3 is 2.65 bits per heavy atom. The molecule has 0 aromatic heterocycles. The van der Waals surface area contributed by atoms with Crippen molar-refractivity contribution in [2.75, 3.05) is 13.1 Å². The number of amides is 1. The van der Waals surface area contributed by atoms with Crippen LogP contribution in [0.2, 0.25) is 5.02 Å². The average Bonchev–Trinajstić information content (AvgIpc) is 2.90. The molecule has 3 nitrogen and oxygen atoms in total. The number of halogens is 2. The lowest BCUT2D eigenvalue weighted by molar-refractivity contribution is -0.149. The van der Waals surface area contributed by atoms with Gasteiger partial charge in [-0.3, -0.25) is 9.69 Å². The van der Waals surface area contributed by atoms with Crippen LogP contribution < -0.4 is 0 Å².